The van der Waals surface area contributed by atoms with Crippen molar-refractivity contribution in [2.24, 2.45) is 0 Å². The first-order valence-electron chi connectivity index (χ1n) is 5.65. The Bertz CT molecular complexity index is 647. The Balaban J connectivity index is 2.67. The van der Waals surface area contributed by atoms with E-state index in [2.05, 4.69) is 9.58 Å². The lowest BCUT2D eigenvalue weighted by atomic mass is 9.95. The predicted octanol–water partition coefficient (Wildman–Crippen LogP) is 3.65. The standard InChI is InChI=1S/C13H8F5NO2/c1-19-11(6-12(11,14)15)9-5-7(13(16,17)18)3-4-8(9)10(20)21-2/h3-5H,6H2,2H3. The summed E-state index contributed by atoms with van der Waals surface area (Å²) in [4.78, 5) is 14.3. The number of hydrogen-bond acceptors (Lipinski definition) is 2. The zero-order chi connectivity index (χ0) is 16.1. The van der Waals surface area contributed by atoms with Gasteiger partial charge in [-0.15, -0.1) is 0 Å². The van der Waals surface area contributed by atoms with Crippen LogP contribution in [0.4, 0.5) is 22.0 Å². The molecular formula is C13H8F5NO2. The Morgan fingerprint density at radius 2 is 1.95 bits per heavy atom. The maximum atomic E-state index is 13.5. The zero-order valence-corrected chi connectivity index (χ0v) is 10.6. The minimum atomic E-state index is -4.77. The van der Waals surface area contributed by atoms with Crippen LogP contribution in [0.15, 0.2) is 18.2 Å². The molecule has 0 spiro atoms. The summed E-state index contributed by atoms with van der Waals surface area (Å²) in [5.74, 6) is -4.54. The Morgan fingerprint density at radius 3 is 2.33 bits per heavy atom. The second-order valence-electron chi connectivity index (χ2n) is 4.60. The summed E-state index contributed by atoms with van der Waals surface area (Å²) in [7, 11) is 0.972. The van der Waals surface area contributed by atoms with Gasteiger partial charge in [-0.05, 0) is 18.2 Å². The van der Waals surface area contributed by atoms with E-state index in [1.807, 2.05) is 0 Å². The van der Waals surface area contributed by atoms with Crippen molar-refractivity contribution in [3.05, 3.63) is 46.3 Å². The molecule has 0 saturated heterocycles. The van der Waals surface area contributed by atoms with Crippen LogP contribution in [0.1, 0.15) is 27.9 Å². The minimum Gasteiger partial charge on any atom is -0.465 e. The van der Waals surface area contributed by atoms with Gasteiger partial charge in [-0.3, -0.25) is 4.85 Å². The fraction of sp³-hybridized carbons (Fsp3) is 0.385. The molecule has 0 aliphatic heterocycles. The third-order valence-corrected chi connectivity index (χ3v) is 3.35. The number of carbonyl (C=O) groups excluding carboxylic acids is 1. The average molecular weight is 305 g/mol. The molecule has 8 heteroatoms. The Morgan fingerprint density at radius 1 is 1.38 bits per heavy atom. The normalized spacial score (nSPS) is 23.3. The fourth-order valence-electron chi connectivity index (χ4n) is 2.10. The summed E-state index contributed by atoms with van der Waals surface area (Å²) < 4.78 is 69.4. The van der Waals surface area contributed by atoms with Gasteiger partial charge in [0.25, 0.3) is 0 Å². The van der Waals surface area contributed by atoms with Crippen LogP contribution < -0.4 is 0 Å². The smallest absolute Gasteiger partial charge is 0.416 e. The number of benzene rings is 1. The molecule has 0 N–H and O–H groups in total. The van der Waals surface area contributed by atoms with Crippen molar-refractivity contribution in [1.82, 2.24) is 0 Å². The SMILES string of the molecule is [C-]#[N+]C1(c2cc(C(F)(F)F)ccc2C(=O)OC)CC1(F)F. The number of methoxy groups -OCH3 is 1. The van der Waals surface area contributed by atoms with Crippen molar-refractivity contribution in [2.45, 2.75) is 24.1 Å². The highest BCUT2D eigenvalue weighted by Crippen LogP contribution is 2.63. The summed E-state index contributed by atoms with van der Waals surface area (Å²) in [6.45, 7) is 6.89. The third-order valence-electron chi connectivity index (χ3n) is 3.35. The van der Waals surface area contributed by atoms with Crippen LogP contribution in [0.5, 0.6) is 0 Å². The van der Waals surface area contributed by atoms with Gasteiger partial charge in [-0.2, -0.15) is 22.0 Å². The lowest BCUT2D eigenvalue weighted by Crippen LogP contribution is -2.19. The number of ether oxygens (including phenoxy) is 1. The van der Waals surface area contributed by atoms with Crippen molar-refractivity contribution in [2.75, 3.05) is 7.11 Å². The summed E-state index contributed by atoms with van der Waals surface area (Å²) in [5, 5.41) is 0. The number of nitrogens with zero attached hydrogens (tertiary/aromatic N) is 1. The third kappa shape index (κ3) is 2.22. The molecule has 1 unspecified atom stereocenters. The monoisotopic (exact) mass is 305 g/mol. The zero-order valence-electron chi connectivity index (χ0n) is 10.6. The molecule has 0 aromatic heterocycles. The fourth-order valence-corrected chi connectivity index (χ4v) is 2.10. The van der Waals surface area contributed by atoms with E-state index in [0.717, 1.165) is 13.2 Å². The summed E-state index contributed by atoms with van der Waals surface area (Å²) in [5.41, 5.74) is -4.74. The van der Waals surface area contributed by atoms with E-state index in [-0.39, 0.29) is 0 Å². The molecule has 1 saturated carbocycles. The van der Waals surface area contributed by atoms with E-state index < -0.39 is 46.7 Å². The van der Waals surface area contributed by atoms with Gasteiger partial charge in [0.1, 0.15) is 6.42 Å². The van der Waals surface area contributed by atoms with E-state index in [1.165, 1.54) is 0 Å². The van der Waals surface area contributed by atoms with Gasteiger partial charge in [0, 0.05) is 0 Å². The molecule has 0 heterocycles. The van der Waals surface area contributed by atoms with Gasteiger partial charge in [0.15, 0.2) is 0 Å². The molecule has 3 nitrogen and oxygen atoms in total. The van der Waals surface area contributed by atoms with Crippen molar-refractivity contribution >= 4 is 5.97 Å². The van der Waals surface area contributed by atoms with E-state index >= 15 is 0 Å². The number of esters is 1. The first-order chi connectivity index (χ1) is 9.59. The van der Waals surface area contributed by atoms with Crippen molar-refractivity contribution in [3.63, 3.8) is 0 Å². The topological polar surface area (TPSA) is 30.7 Å². The van der Waals surface area contributed by atoms with Crippen LogP contribution in [0, 0.1) is 6.57 Å². The Labute approximate surface area is 116 Å². The van der Waals surface area contributed by atoms with Crippen molar-refractivity contribution in [3.8, 4) is 0 Å². The largest absolute Gasteiger partial charge is 0.465 e. The highest BCUT2D eigenvalue weighted by atomic mass is 19.4. The van der Waals surface area contributed by atoms with Crippen molar-refractivity contribution in [1.29, 1.82) is 0 Å². The molecule has 1 aliphatic rings. The number of hydrogen-bond donors (Lipinski definition) is 0. The van der Waals surface area contributed by atoms with Gasteiger partial charge in [-0.25, -0.2) is 11.4 Å². The summed E-state index contributed by atoms with van der Waals surface area (Å²) >= 11 is 0. The predicted molar refractivity (Wildman–Crippen MR) is 60.6 cm³/mol. The Kier molecular flexibility index (Phi) is 3.20. The number of alkyl halides is 5. The second kappa shape index (κ2) is 4.41. The van der Waals surface area contributed by atoms with Gasteiger partial charge in [-0.1, -0.05) is 0 Å². The molecule has 1 atom stereocenters. The highest BCUT2D eigenvalue weighted by Gasteiger charge is 2.81. The Hall–Kier alpha value is -2.17. The molecule has 0 radical (unpaired) electrons. The minimum absolute atomic E-state index is 0.422. The van der Waals surface area contributed by atoms with Gasteiger partial charge in [0.2, 0.25) is 0 Å². The average Bonchev–Trinajstić information content (AvgIpc) is 2.99. The van der Waals surface area contributed by atoms with Gasteiger partial charge >= 0.3 is 23.6 Å². The molecule has 1 aromatic carbocycles. The molecule has 0 amide bonds. The second-order valence-corrected chi connectivity index (χ2v) is 4.60. The van der Waals surface area contributed by atoms with Gasteiger partial charge in [0.05, 0.1) is 23.8 Å². The van der Waals surface area contributed by atoms with Crippen LogP contribution in [-0.2, 0) is 16.5 Å². The molecular weight excluding hydrogens is 297 g/mol. The molecule has 1 aromatic rings. The number of rotatable bonds is 2. The maximum Gasteiger partial charge on any atom is 0.416 e. The van der Waals surface area contributed by atoms with E-state index in [1.54, 1.807) is 0 Å². The molecule has 21 heavy (non-hydrogen) atoms. The van der Waals surface area contributed by atoms with Crippen LogP contribution in [-0.4, -0.2) is 19.0 Å². The lowest BCUT2D eigenvalue weighted by molar-refractivity contribution is -0.137. The van der Waals surface area contributed by atoms with Crippen LogP contribution in [0.3, 0.4) is 0 Å². The van der Waals surface area contributed by atoms with E-state index in [4.69, 9.17) is 6.57 Å². The molecule has 0 bridgehead atoms. The first kappa shape index (κ1) is 15.2. The van der Waals surface area contributed by atoms with Crippen LogP contribution in [0.2, 0.25) is 0 Å². The molecule has 112 valence electrons. The maximum absolute atomic E-state index is 13.5. The van der Waals surface area contributed by atoms with Crippen molar-refractivity contribution < 1.29 is 31.5 Å². The summed E-state index contributed by atoms with van der Waals surface area (Å²) in [6.07, 6.45) is -5.69. The van der Waals surface area contributed by atoms with Crippen LogP contribution in [0.25, 0.3) is 4.85 Å². The molecule has 1 fully saturated rings. The highest BCUT2D eigenvalue weighted by molar-refractivity contribution is 5.92. The quantitative estimate of drug-likeness (QED) is 0.474. The van der Waals surface area contributed by atoms with E-state index in [0.29, 0.717) is 12.1 Å². The molecule has 2 rings (SSSR count). The van der Waals surface area contributed by atoms with E-state index in [9.17, 15) is 26.7 Å². The number of carbonyl (C=O) groups is 1. The lowest BCUT2D eigenvalue weighted by Gasteiger charge is -2.13. The first-order valence-corrected chi connectivity index (χ1v) is 5.65. The van der Waals surface area contributed by atoms with Crippen LogP contribution >= 0.6 is 0 Å². The number of halogens is 5. The van der Waals surface area contributed by atoms with Gasteiger partial charge < -0.3 is 4.74 Å². The molecule has 1 aliphatic carbocycles. The summed E-state index contributed by atoms with van der Waals surface area (Å²) in [6, 6.07) is 1.77.